The van der Waals surface area contributed by atoms with Crippen LogP contribution in [0.5, 0.6) is 5.75 Å². The summed E-state index contributed by atoms with van der Waals surface area (Å²) in [4.78, 5) is 22.3. The molecule has 0 saturated heterocycles. The highest BCUT2D eigenvalue weighted by molar-refractivity contribution is 5.95. The van der Waals surface area contributed by atoms with Crippen LogP contribution in [-0.4, -0.2) is 25.0 Å². The van der Waals surface area contributed by atoms with Crippen LogP contribution in [0.3, 0.4) is 0 Å². The number of rotatable bonds is 5. The fraction of sp³-hybridized carbons (Fsp3) is 0.231. The molecule has 1 atom stereocenters. The highest BCUT2D eigenvalue weighted by Crippen LogP contribution is 2.18. The van der Waals surface area contributed by atoms with Gasteiger partial charge in [0.15, 0.2) is 0 Å². The van der Waals surface area contributed by atoms with Crippen LogP contribution in [0.4, 0.5) is 0 Å². The Morgan fingerprint density at radius 1 is 1.39 bits per heavy atom. The van der Waals surface area contributed by atoms with Crippen molar-refractivity contribution in [1.82, 2.24) is 5.32 Å². The van der Waals surface area contributed by atoms with Crippen molar-refractivity contribution in [3.8, 4) is 5.75 Å². The molecule has 0 aliphatic rings. The van der Waals surface area contributed by atoms with Crippen LogP contribution >= 0.6 is 0 Å². The maximum atomic E-state index is 11.5. The van der Waals surface area contributed by atoms with E-state index in [1.54, 1.807) is 19.3 Å². The number of amides is 2. The minimum Gasteiger partial charge on any atom is -0.496 e. The fourth-order valence-corrected chi connectivity index (χ4v) is 1.30. The van der Waals surface area contributed by atoms with Crippen LogP contribution in [0.1, 0.15) is 12.5 Å². The number of nitrogens with two attached hydrogens (primary N) is 1. The van der Waals surface area contributed by atoms with Gasteiger partial charge < -0.3 is 15.8 Å². The van der Waals surface area contributed by atoms with Gasteiger partial charge in [-0.05, 0) is 19.1 Å². The predicted molar refractivity (Wildman–Crippen MR) is 68.8 cm³/mol. The van der Waals surface area contributed by atoms with E-state index in [0.717, 1.165) is 5.56 Å². The highest BCUT2D eigenvalue weighted by atomic mass is 16.5. The lowest BCUT2D eigenvalue weighted by Gasteiger charge is -2.07. The third kappa shape index (κ3) is 3.93. The molecule has 0 heterocycles. The lowest BCUT2D eigenvalue weighted by Crippen LogP contribution is -2.41. The van der Waals surface area contributed by atoms with Crippen molar-refractivity contribution >= 4 is 17.9 Å². The molecule has 2 amide bonds. The van der Waals surface area contributed by atoms with Crippen LogP contribution in [-0.2, 0) is 9.59 Å². The summed E-state index contributed by atoms with van der Waals surface area (Å²) in [6.07, 6.45) is 2.94. The summed E-state index contributed by atoms with van der Waals surface area (Å²) in [5.41, 5.74) is 5.82. The van der Waals surface area contributed by atoms with E-state index in [1.807, 2.05) is 18.2 Å². The second kappa shape index (κ2) is 6.44. The number of hydrogen-bond acceptors (Lipinski definition) is 3. The normalized spacial score (nSPS) is 12.1. The molecule has 5 nitrogen and oxygen atoms in total. The van der Waals surface area contributed by atoms with Crippen LogP contribution < -0.4 is 15.8 Å². The second-order valence-corrected chi connectivity index (χ2v) is 3.71. The number of para-hydroxylation sites is 1. The first-order chi connectivity index (χ1) is 8.54. The van der Waals surface area contributed by atoms with E-state index in [4.69, 9.17) is 10.5 Å². The molecular formula is C13H16N2O3. The third-order valence-corrected chi connectivity index (χ3v) is 2.34. The van der Waals surface area contributed by atoms with Gasteiger partial charge in [0.2, 0.25) is 11.8 Å². The van der Waals surface area contributed by atoms with Gasteiger partial charge in [-0.15, -0.1) is 0 Å². The van der Waals surface area contributed by atoms with Gasteiger partial charge in [-0.3, -0.25) is 9.59 Å². The molecule has 3 N–H and O–H groups in total. The molecular weight excluding hydrogens is 232 g/mol. The lowest BCUT2D eigenvalue weighted by atomic mass is 10.2. The summed E-state index contributed by atoms with van der Waals surface area (Å²) in [5, 5.41) is 2.45. The first-order valence-corrected chi connectivity index (χ1v) is 5.45. The van der Waals surface area contributed by atoms with E-state index in [0.29, 0.717) is 5.75 Å². The van der Waals surface area contributed by atoms with Crippen molar-refractivity contribution in [3.63, 3.8) is 0 Å². The molecule has 0 saturated carbocycles. The van der Waals surface area contributed by atoms with Crippen molar-refractivity contribution in [3.05, 3.63) is 35.9 Å². The quantitative estimate of drug-likeness (QED) is 0.752. The Hall–Kier alpha value is -2.30. The topological polar surface area (TPSA) is 81.4 Å². The number of carbonyl (C=O) groups is 2. The average molecular weight is 248 g/mol. The van der Waals surface area contributed by atoms with Gasteiger partial charge in [-0.25, -0.2) is 0 Å². The Morgan fingerprint density at radius 2 is 2.06 bits per heavy atom. The summed E-state index contributed by atoms with van der Waals surface area (Å²) >= 11 is 0. The number of carbonyl (C=O) groups excluding carboxylic acids is 2. The Bertz CT molecular complexity index is 469. The smallest absolute Gasteiger partial charge is 0.244 e. The van der Waals surface area contributed by atoms with E-state index in [-0.39, 0.29) is 5.91 Å². The minimum atomic E-state index is -0.695. The molecule has 0 aliphatic heterocycles. The van der Waals surface area contributed by atoms with Crippen LogP contribution in [0.25, 0.3) is 6.08 Å². The fourth-order valence-electron chi connectivity index (χ4n) is 1.30. The molecule has 96 valence electrons. The molecule has 1 aromatic carbocycles. The van der Waals surface area contributed by atoms with Crippen LogP contribution in [0.2, 0.25) is 0 Å². The number of benzene rings is 1. The Kier molecular flexibility index (Phi) is 4.92. The molecule has 1 unspecified atom stereocenters. The average Bonchev–Trinajstić information content (AvgIpc) is 2.36. The molecule has 0 bridgehead atoms. The number of ether oxygens (including phenoxy) is 1. The zero-order valence-corrected chi connectivity index (χ0v) is 10.3. The molecule has 5 heteroatoms. The van der Waals surface area contributed by atoms with Crippen molar-refractivity contribution in [2.45, 2.75) is 13.0 Å². The summed E-state index contributed by atoms with van der Waals surface area (Å²) in [6, 6.07) is 6.60. The van der Waals surface area contributed by atoms with Gasteiger partial charge in [0.25, 0.3) is 0 Å². The van der Waals surface area contributed by atoms with Crippen LogP contribution in [0.15, 0.2) is 30.3 Å². The maximum absolute atomic E-state index is 11.5. The SMILES string of the molecule is COc1ccccc1/C=C/C(=O)NC(C)C(N)=O. The standard InChI is InChI=1S/C13H16N2O3/c1-9(13(14)17)15-12(16)8-7-10-5-3-4-6-11(10)18-2/h3-9H,1-2H3,(H2,14,17)(H,15,16)/b8-7+. The van der Waals surface area contributed by atoms with E-state index in [2.05, 4.69) is 5.32 Å². The van der Waals surface area contributed by atoms with Crippen LogP contribution in [0, 0.1) is 0 Å². The summed E-state index contributed by atoms with van der Waals surface area (Å²) in [7, 11) is 1.56. The Balaban J connectivity index is 2.69. The minimum absolute atomic E-state index is 0.382. The van der Waals surface area contributed by atoms with Gasteiger partial charge >= 0.3 is 0 Å². The molecule has 1 rings (SSSR count). The second-order valence-electron chi connectivity index (χ2n) is 3.71. The number of hydrogen-bond donors (Lipinski definition) is 2. The molecule has 0 aromatic heterocycles. The van der Waals surface area contributed by atoms with Gasteiger partial charge in [-0.1, -0.05) is 18.2 Å². The Morgan fingerprint density at radius 3 is 2.67 bits per heavy atom. The third-order valence-electron chi connectivity index (χ3n) is 2.34. The number of primary amides is 1. The van der Waals surface area contributed by atoms with Crippen molar-refractivity contribution in [2.24, 2.45) is 5.73 Å². The largest absolute Gasteiger partial charge is 0.496 e. The zero-order valence-electron chi connectivity index (χ0n) is 10.3. The van der Waals surface area contributed by atoms with Crippen molar-refractivity contribution in [1.29, 1.82) is 0 Å². The van der Waals surface area contributed by atoms with Crippen molar-refractivity contribution < 1.29 is 14.3 Å². The summed E-state index contributed by atoms with van der Waals surface area (Å²) in [6.45, 7) is 1.52. The zero-order chi connectivity index (χ0) is 13.5. The molecule has 0 fully saturated rings. The number of methoxy groups -OCH3 is 1. The van der Waals surface area contributed by atoms with Gasteiger partial charge in [0, 0.05) is 11.6 Å². The van der Waals surface area contributed by atoms with E-state index >= 15 is 0 Å². The molecule has 0 radical (unpaired) electrons. The monoisotopic (exact) mass is 248 g/mol. The Labute approximate surface area is 106 Å². The van der Waals surface area contributed by atoms with Gasteiger partial charge in [0.1, 0.15) is 11.8 Å². The number of nitrogens with one attached hydrogen (secondary N) is 1. The molecule has 1 aromatic rings. The predicted octanol–water partition coefficient (Wildman–Crippen LogP) is 0.698. The molecule has 18 heavy (non-hydrogen) atoms. The summed E-state index contributed by atoms with van der Waals surface area (Å²) in [5.74, 6) is -0.286. The molecule has 0 aliphatic carbocycles. The molecule has 0 spiro atoms. The first-order valence-electron chi connectivity index (χ1n) is 5.45. The van der Waals surface area contributed by atoms with E-state index in [9.17, 15) is 9.59 Å². The summed E-state index contributed by atoms with van der Waals surface area (Å²) < 4.78 is 5.14. The lowest BCUT2D eigenvalue weighted by molar-refractivity contribution is -0.124. The highest BCUT2D eigenvalue weighted by Gasteiger charge is 2.09. The van der Waals surface area contributed by atoms with Gasteiger partial charge in [-0.2, -0.15) is 0 Å². The first kappa shape index (κ1) is 13.8. The van der Waals surface area contributed by atoms with E-state index < -0.39 is 11.9 Å². The van der Waals surface area contributed by atoms with Gasteiger partial charge in [0.05, 0.1) is 7.11 Å². The van der Waals surface area contributed by atoms with Crippen molar-refractivity contribution in [2.75, 3.05) is 7.11 Å². The van der Waals surface area contributed by atoms with E-state index in [1.165, 1.54) is 13.0 Å². The maximum Gasteiger partial charge on any atom is 0.244 e.